The molecule has 2 aromatic rings. The van der Waals surface area contributed by atoms with Crippen molar-refractivity contribution in [1.82, 2.24) is 5.32 Å². The first-order valence-electron chi connectivity index (χ1n) is 8.24. The molecule has 0 aromatic heterocycles. The number of hydrogen-bond donors (Lipinski definition) is 1. The van der Waals surface area contributed by atoms with Gasteiger partial charge in [-0.2, -0.15) is 0 Å². The van der Waals surface area contributed by atoms with Crippen molar-refractivity contribution in [3.8, 4) is 11.5 Å². The Morgan fingerprint density at radius 3 is 2.58 bits per heavy atom. The summed E-state index contributed by atoms with van der Waals surface area (Å²) in [5.74, 6) is 1.15. The molecule has 1 saturated heterocycles. The Balaban J connectivity index is 1.81. The number of carbonyl (C=O) groups is 1. The summed E-state index contributed by atoms with van der Waals surface area (Å²) in [7, 11) is 1.60. The van der Waals surface area contributed by atoms with Gasteiger partial charge in [0.15, 0.2) is 16.7 Å². The maximum Gasteiger partial charge on any atom is 0.264 e. The van der Waals surface area contributed by atoms with E-state index < -0.39 is 0 Å². The maximum absolute atomic E-state index is 12.2. The number of ether oxygens (including phenoxy) is 2. The van der Waals surface area contributed by atoms with Crippen molar-refractivity contribution in [3.05, 3.63) is 59.0 Å². The normalized spacial score (nSPS) is 17.0. The predicted octanol–water partition coefficient (Wildman–Crippen LogP) is 4.37. The number of amidine groups is 1. The van der Waals surface area contributed by atoms with E-state index in [9.17, 15) is 4.79 Å². The second-order valence-corrected chi connectivity index (χ2v) is 6.92. The van der Waals surface area contributed by atoms with Crippen molar-refractivity contribution in [3.63, 3.8) is 0 Å². The monoisotopic (exact) mass is 368 g/mol. The molecule has 1 fully saturated rings. The molecule has 1 amide bonds. The Morgan fingerprint density at radius 1 is 1.12 bits per heavy atom. The quantitative estimate of drug-likeness (QED) is 0.796. The first-order valence-corrected chi connectivity index (χ1v) is 9.06. The molecule has 0 saturated carbocycles. The number of nitrogens with zero attached hydrogens (tertiary/aromatic N) is 1. The molecule has 0 unspecified atom stereocenters. The number of carbonyl (C=O) groups excluding carboxylic acids is 1. The van der Waals surface area contributed by atoms with Crippen molar-refractivity contribution >= 4 is 34.6 Å². The third-order valence-electron chi connectivity index (χ3n) is 3.49. The fourth-order valence-electron chi connectivity index (χ4n) is 2.38. The van der Waals surface area contributed by atoms with Crippen molar-refractivity contribution in [2.75, 3.05) is 7.11 Å². The van der Waals surface area contributed by atoms with Gasteiger partial charge in [0.1, 0.15) is 0 Å². The van der Waals surface area contributed by atoms with Crippen LogP contribution < -0.4 is 14.8 Å². The number of nitrogens with one attached hydrogen (secondary N) is 1. The van der Waals surface area contributed by atoms with Gasteiger partial charge in [0.05, 0.1) is 23.8 Å². The number of rotatable bonds is 5. The Morgan fingerprint density at radius 2 is 1.88 bits per heavy atom. The van der Waals surface area contributed by atoms with Crippen LogP contribution >= 0.6 is 11.8 Å². The van der Waals surface area contributed by atoms with Gasteiger partial charge in [-0.25, -0.2) is 4.99 Å². The zero-order valence-corrected chi connectivity index (χ0v) is 15.7. The van der Waals surface area contributed by atoms with Gasteiger partial charge in [-0.1, -0.05) is 24.3 Å². The second-order valence-electron chi connectivity index (χ2n) is 5.89. The molecule has 134 valence electrons. The van der Waals surface area contributed by atoms with E-state index in [0.717, 1.165) is 11.3 Å². The van der Waals surface area contributed by atoms with Crippen LogP contribution in [0.15, 0.2) is 58.4 Å². The summed E-state index contributed by atoms with van der Waals surface area (Å²) >= 11 is 1.32. The minimum absolute atomic E-state index is 0.0565. The Kier molecular flexibility index (Phi) is 5.63. The maximum atomic E-state index is 12.2. The lowest BCUT2D eigenvalue weighted by molar-refractivity contribution is -0.115. The average Bonchev–Trinajstić information content (AvgIpc) is 2.95. The summed E-state index contributed by atoms with van der Waals surface area (Å²) in [6.07, 6.45) is 1.87. The largest absolute Gasteiger partial charge is 0.493 e. The van der Waals surface area contributed by atoms with Crippen LogP contribution in [0.2, 0.25) is 0 Å². The van der Waals surface area contributed by atoms with Crippen LogP contribution in [0, 0.1) is 0 Å². The van der Waals surface area contributed by atoms with Gasteiger partial charge in [-0.15, -0.1) is 0 Å². The Labute approximate surface area is 157 Å². The van der Waals surface area contributed by atoms with Crippen LogP contribution in [0.25, 0.3) is 6.08 Å². The van der Waals surface area contributed by atoms with Crippen LogP contribution in [-0.2, 0) is 4.79 Å². The average molecular weight is 368 g/mol. The first kappa shape index (κ1) is 18.1. The van der Waals surface area contributed by atoms with Crippen LogP contribution in [-0.4, -0.2) is 24.3 Å². The number of methoxy groups -OCH3 is 1. The van der Waals surface area contributed by atoms with Crippen molar-refractivity contribution < 1.29 is 14.3 Å². The summed E-state index contributed by atoms with van der Waals surface area (Å²) in [6.45, 7) is 3.92. The number of thioether (sulfide) groups is 1. The van der Waals surface area contributed by atoms with Gasteiger partial charge in [-0.05, 0) is 61.5 Å². The van der Waals surface area contributed by atoms with E-state index in [0.29, 0.717) is 21.6 Å². The molecule has 6 heteroatoms. The highest BCUT2D eigenvalue weighted by Crippen LogP contribution is 2.32. The number of aliphatic imine (C=N–C) groups is 1. The lowest BCUT2D eigenvalue weighted by Gasteiger charge is -2.13. The molecule has 0 atom stereocenters. The van der Waals surface area contributed by atoms with E-state index in [-0.39, 0.29) is 12.0 Å². The number of benzene rings is 2. The highest BCUT2D eigenvalue weighted by molar-refractivity contribution is 8.18. The predicted molar refractivity (Wildman–Crippen MR) is 106 cm³/mol. The fraction of sp³-hybridized carbons (Fsp3) is 0.200. The highest BCUT2D eigenvalue weighted by Gasteiger charge is 2.24. The smallest absolute Gasteiger partial charge is 0.264 e. The van der Waals surface area contributed by atoms with Crippen LogP contribution in [0.3, 0.4) is 0 Å². The van der Waals surface area contributed by atoms with Gasteiger partial charge in [0, 0.05) is 0 Å². The molecular formula is C20H20N2O3S. The third-order valence-corrected chi connectivity index (χ3v) is 4.40. The molecule has 1 heterocycles. The molecule has 3 rings (SSSR count). The third kappa shape index (κ3) is 4.46. The van der Waals surface area contributed by atoms with Gasteiger partial charge >= 0.3 is 0 Å². The van der Waals surface area contributed by atoms with E-state index in [4.69, 9.17) is 9.47 Å². The molecule has 26 heavy (non-hydrogen) atoms. The molecule has 0 bridgehead atoms. The fourth-order valence-corrected chi connectivity index (χ4v) is 3.22. The van der Waals surface area contributed by atoms with E-state index in [1.165, 1.54) is 11.8 Å². The van der Waals surface area contributed by atoms with Gasteiger partial charge in [0.25, 0.3) is 5.91 Å². The van der Waals surface area contributed by atoms with Crippen LogP contribution in [0.1, 0.15) is 19.4 Å². The summed E-state index contributed by atoms with van der Waals surface area (Å²) < 4.78 is 11.1. The minimum Gasteiger partial charge on any atom is -0.493 e. The van der Waals surface area contributed by atoms with E-state index in [1.54, 1.807) is 7.11 Å². The van der Waals surface area contributed by atoms with E-state index >= 15 is 0 Å². The highest BCUT2D eigenvalue weighted by atomic mass is 32.2. The van der Waals surface area contributed by atoms with Crippen LogP contribution in [0.5, 0.6) is 11.5 Å². The van der Waals surface area contributed by atoms with Crippen molar-refractivity contribution in [2.24, 2.45) is 4.99 Å². The topological polar surface area (TPSA) is 59.9 Å². The molecule has 5 nitrogen and oxygen atoms in total. The van der Waals surface area contributed by atoms with Gasteiger partial charge < -0.3 is 14.8 Å². The molecule has 0 spiro atoms. The zero-order valence-electron chi connectivity index (χ0n) is 14.9. The molecule has 1 aliphatic heterocycles. The van der Waals surface area contributed by atoms with E-state index in [1.807, 2.05) is 68.5 Å². The number of amides is 1. The number of para-hydroxylation sites is 1. The first-order chi connectivity index (χ1) is 12.5. The molecule has 2 aromatic carbocycles. The molecular weight excluding hydrogens is 348 g/mol. The van der Waals surface area contributed by atoms with Gasteiger partial charge in [-0.3, -0.25) is 4.79 Å². The van der Waals surface area contributed by atoms with Gasteiger partial charge in [0.2, 0.25) is 0 Å². The Bertz CT molecular complexity index is 861. The summed E-state index contributed by atoms with van der Waals surface area (Å²) in [5.41, 5.74) is 1.66. The standard InChI is InChI=1S/C20H20N2O3S/c1-13(2)25-16-10-9-14(11-17(16)24-3)12-18-19(23)22-20(26-18)21-15-7-5-4-6-8-15/h4-13H,1-3H3,(H,21,22,23)/b18-12-. The van der Waals surface area contributed by atoms with Crippen molar-refractivity contribution in [1.29, 1.82) is 0 Å². The minimum atomic E-state index is -0.161. The lowest BCUT2D eigenvalue weighted by Crippen LogP contribution is -2.19. The van der Waals surface area contributed by atoms with Crippen molar-refractivity contribution in [2.45, 2.75) is 20.0 Å². The lowest BCUT2D eigenvalue weighted by atomic mass is 10.2. The zero-order chi connectivity index (χ0) is 18.5. The second kappa shape index (κ2) is 8.10. The molecule has 1 aliphatic rings. The van der Waals surface area contributed by atoms with Crippen LogP contribution in [0.4, 0.5) is 5.69 Å². The summed E-state index contributed by atoms with van der Waals surface area (Å²) in [4.78, 5) is 17.2. The molecule has 0 aliphatic carbocycles. The summed E-state index contributed by atoms with van der Waals surface area (Å²) in [6, 6.07) is 15.1. The Hall–Kier alpha value is -2.73. The van der Waals surface area contributed by atoms with E-state index in [2.05, 4.69) is 10.3 Å². The molecule has 1 N–H and O–H groups in total. The summed E-state index contributed by atoms with van der Waals surface area (Å²) in [5, 5.41) is 3.36. The SMILES string of the molecule is COc1cc(/C=C2\SC(=Nc3ccccc3)NC2=O)ccc1OC(C)C. The number of hydrogen-bond acceptors (Lipinski definition) is 5. The molecule has 0 radical (unpaired) electrons.